The molecular weight excluding hydrogens is 230 g/mol. The molecule has 0 radical (unpaired) electrons. The largest absolute Gasteiger partial charge is 0.493 e. The van der Waals surface area contributed by atoms with E-state index in [0.29, 0.717) is 31.2 Å². The maximum atomic E-state index is 12.0. The number of carbonyl (C=O) groups excluding carboxylic acids is 1. The topological polar surface area (TPSA) is 38.8 Å². The Hall–Kier alpha value is -1.55. The van der Waals surface area contributed by atoms with Crippen LogP contribution in [0.15, 0.2) is 24.3 Å². The lowest BCUT2D eigenvalue weighted by Crippen LogP contribution is -2.26. The highest BCUT2D eigenvalue weighted by molar-refractivity contribution is 5.93. The molecule has 1 aromatic rings. The van der Waals surface area contributed by atoms with Crippen molar-refractivity contribution in [3.63, 3.8) is 0 Å². The molecule has 0 bridgehead atoms. The van der Waals surface area contributed by atoms with Gasteiger partial charge in [-0.15, -0.1) is 0 Å². The van der Waals surface area contributed by atoms with Gasteiger partial charge in [0.1, 0.15) is 5.75 Å². The summed E-state index contributed by atoms with van der Waals surface area (Å²) >= 11 is 0. The van der Waals surface area contributed by atoms with Crippen molar-refractivity contribution in [1.82, 2.24) is 5.06 Å². The Morgan fingerprint density at radius 2 is 2.11 bits per heavy atom. The number of hydroxylamine groups is 2. The van der Waals surface area contributed by atoms with Crippen LogP contribution in [0.1, 0.15) is 30.6 Å². The van der Waals surface area contributed by atoms with Crippen molar-refractivity contribution in [2.75, 3.05) is 19.8 Å². The lowest BCUT2D eigenvalue weighted by Gasteiger charge is -2.14. The van der Waals surface area contributed by atoms with Gasteiger partial charge >= 0.3 is 0 Å². The molecule has 1 heterocycles. The van der Waals surface area contributed by atoms with Gasteiger partial charge in [-0.1, -0.05) is 13.8 Å². The number of hydrogen-bond acceptors (Lipinski definition) is 3. The summed E-state index contributed by atoms with van der Waals surface area (Å²) in [5.74, 6) is 1.20. The van der Waals surface area contributed by atoms with E-state index >= 15 is 0 Å². The molecule has 18 heavy (non-hydrogen) atoms. The highest BCUT2D eigenvalue weighted by Gasteiger charge is 2.20. The molecule has 4 nitrogen and oxygen atoms in total. The van der Waals surface area contributed by atoms with Crippen LogP contribution < -0.4 is 4.74 Å². The van der Waals surface area contributed by atoms with Crippen molar-refractivity contribution in [1.29, 1.82) is 0 Å². The first-order chi connectivity index (χ1) is 8.66. The zero-order chi connectivity index (χ0) is 13.0. The maximum absolute atomic E-state index is 12.0. The summed E-state index contributed by atoms with van der Waals surface area (Å²) in [6.45, 7) is 6.18. The molecule has 0 saturated carbocycles. The zero-order valence-corrected chi connectivity index (χ0v) is 10.9. The smallest absolute Gasteiger partial charge is 0.277 e. The summed E-state index contributed by atoms with van der Waals surface area (Å²) in [5, 5.41) is 1.42. The predicted molar refractivity (Wildman–Crippen MR) is 68.4 cm³/mol. The van der Waals surface area contributed by atoms with Gasteiger partial charge in [0, 0.05) is 5.56 Å². The lowest BCUT2D eigenvalue weighted by molar-refractivity contribution is -0.0768. The van der Waals surface area contributed by atoms with E-state index in [1.165, 1.54) is 5.06 Å². The van der Waals surface area contributed by atoms with Crippen LogP contribution in [0.25, 0.3) is 0 Å². The number of rotatable bonds is 4. The number of ether oxygens (including phenoxy) is 1. The van der Waals surface area contributed by atoms with Gasteiger partial charge in [0.25, 0.3) is 5.91 Å². The second-order valence-corrected chi connectivity index (χ2v) is 4.82. The molecule has 0 atom stereocenters. The third kappa shape index (κ3) is 3.23. The first-order valence-corrected chi connectivity index (χ1v) is 6.34. The predicted octanol–water partition coefficient (Wildman–Crippen LogP) is 2.50. The highest BCUT2D eigenvalue weighted by atomic mass is 16.7. The first-order valence-electron chi connectivity index (χ1n) is 6.34. The first kappa shape index (κ1) is 12.9. The SMILES string of the molecule is CC(C)COc1ccc(C(=O)N2CCCO2)cc1. The maximum Gasteiger partial charge on any atom is 0.277 e. The number of hydrogen-bond donors (Lipinski definition) is 0. The van der Waals surface area contributed by atoms with Crippen LogP contribution in [0.4, 0.5) is 0 Å². The molecule has 98 valence electrons. The molecule has 4 heteroatoms. The Labute approximate surface area is 107 Å². The van der Waals surface area contributed by atoms with E-state index in [4.69, 9.17) is 9.57 Å². The van der Waals surface area contributed by atoms with Crippen LogP contribution in [0.3, 0.4) is 0 Å². The summed E-state index contributed by atoms with van der Waals surface area (Å²) in [4.78, 5) is 17.2. The van der Waals surface area contributed by atoms with Gasteiger partial charge in [0.05, 0.1) is 19.8 Å². The minimum absolute atomic E-state index is 0.0806. The van der Waals surface area contributed by atoms with Crippen molar-refractivity contribution >= 4 is 5.91 Å². The van der Waals surface area contributed by atoms with Crippen LogP contribution in [0, 0.1) is 5.92 Å². The van der Waals surface area contributed by atoms with Crippen molar-refractivity contribution in [3.8, 4) is 5.75 Å². The lowest BCUT2D eigenvalue weighted by atomic mass is 10.2. The van der Waals surface area contributed by atoms with Crippen LogP contribution in [0.5, 0.6) is 5.75 Å². The Bertz CT molecular complexity index is 394. The molecule has 1 aliphatic heterocycles. The fourth-order valence-corrected chi connectivity index (χ4v) is 1.71. The van der Waals surface area contributed by atoms with Crippen molar-refractivity contribution in [2.24, 2.45) is 5.92 Å². The molecule has 0 aliphatic carbocycles. The molecular formula is C14H19NO3. The average molecular weight is 249 g/mol. The van der Waals surface area contributed by atoms with Crippen LogP contribution in [0.2, 0.25) is 0 Å². The minimum Gasteiger partial charge on any atom is -0.493 e. The zero-order valence-electron chi connectivity index (χ0n) is 10.9. The molecule has 0 spiro atoms. The Morgan fingerprint density at radius 1 is 1.39 bits per heavy atom. The van der Waals surface area contributed by atoms with Crippen LogP contribution >= 0.6 is 0 Å². The van der Waals surface area contributed by atoms with Crippen molar-refractivity contribution in [2.45, 2.75) is 20.3 Å². The number of nitrogens with zero attached hydrogens (tertiary/aromatic N) is 1. The molecule has 0 aromatic heterocycles. The van der Waals surface area contributed by atoms with Gasteiger partial charge in [-0.05, 0) is 36.6 Å². The molecule has 1 saturated heterocycles. The summed E-state index contributed by atoms with van der Waals surface area (Å²) in [6.07, 6.45) is 0.904. The van der Waals surface area contributed by atoms with Crippen molar-refractivity contribution < 1.29 is 14.4 Å². The van der Waals surface area contributed by atoms with Gasteiger partial charge in [0.2, 0.25) is 0 Å². The van der Waals surface area contributed by atoms with E-state index in [9.17, 15) is 4.79 Å². The van der Waals surface area contributed by atoms with Gasteiger partial charge in [-0.2, -0.15) is 0 Å². The van der Waals surface area contributed by atoms with Crippen molar-refractivity contribution in [3.05, 3.63) is 29.8 Å². The summed E-state index contributed by atoms with van der Waals surface area (Å²) < 4.78 is 5.57. The van der Waals surface area contributed by atoms with Crippen LogP contribution in [-0.2, 0) is 4.84 Å². The molecule has 2 rings (SSSR count). The summed E-state index contributed by atoms with van der Waals surface area (Å²) in [7, 11) is 0. The molecule has 1 aromatic carbocycles. The molecule has 0 N–H and O–H groups in total. The third-order valence-corrected chi connectivity index (χ3v) is 2.66. The third-order valence-electron chi connectivity index (χ3n) is 2.66. The van der Waals surface area contributed by atoms with E-state index in [1.54, 1.807) is 12.1 Å². The Morgan fingerprint density at radius 3 is 2.67 bits per heavy atom. The molecule has 1 amide bonds. The second kappa shape index (κ2) is 5.87. The number of benzene rings is 1. The minimum atomic E-state index is -0.0806. The van der Waals surface area contributed by atoms with Crippen LogP contribution in [-0.4, -0.2) is 30.7 Å². The van der Waals surface area contributed by atoms with E-state index < -0.39 is 0 Å². The molecule has 1 aliphatic rings. The normalized spacial score (nSPS) is 15.2. The number of amides is 1. The fraction of sp³-hybridized carbons (Fsp3) is 0.500. The molecule has 0 unspecified atom stereocenters. The molecule has 1 fully saturated rings. The second-order valence-electron chi connectivity index (χ2n) is 4.82. The Kier molecular flexibility index (Phi) is 4.20. The quantitative estimate of drug-likeness (QED) is 0.823. The van der Waals surface area contributed by atoms with Gasteiger partial charge < -0.3 is 4.74 Å². The summed E-state index contributed by atoms with van der Waals surface area (Å²) in [5.41, 5.74) is 0.633. The van der Waals surface area contributed by atoms with E-state index in [1.807, 2.05) is 12.1 Å². The van der Waals surface area contributed by atoms with Gasteiger partial charge in [-0.25, -0.2) is 5.06 Å². The van der Waals surface area contributed by atoms with E-state index in [-0.39, 0.29) is 5.91 Å². The fourth-order valence-electron chi connectivity index (χ4n) is 1.71. The highest BCUT2D eigenvalue weighted by Crippen LogP contribution is 2.16. The number of carbonyl (C=O) groups is 1. The average Bonchev–Trinajstić information content (AvgIpc) is 2.90. The van der Waals surface area contributed by atoms with Gasteiger partial charge in [-0.3, -0.25) is 9.63 Å². The Balaban J connectivity index is 1.96. The monoisotopic (exact) mass is 249 g/mol. The summed E-state index contributed by atoms with van der Waals surface area (Å²) in [6, 6.07) is 7.21. The van der Waals surface area contributed by atoms with E-state index in [2.05, 4.69) is 13.8 Å². The van der Waals surface area contributed by atoms with Gasteiger partial charge in [0.15, 0.2) is 0 Å². The van der Waals surface area contributed by atoms with E-state index in [0.717, 1.165) is 12.2 Å². The standard InChI is InChI=1S/C14H19NO3/c1-11(2)10-17-13-6-4-12(5-7-13)14(16)15-8-3-9-18-15/h4-7,11H,3,8-10H2,1-2H3.